The van der Waals surface area contributed by atoms with Crippen molar-refractivity contribution in [3.05, 3.63) is 34.4 Å². The monoisotopic (exact) mass is 321 g/mol. The molecule has 3 nitrogen and oxygen atoms in total. The molecule has 0 radical (unpaired) electrons. The molecular weight excluding hydrogens is 315 g/mol. The number of hydrogen-bond acceptors (Lipinski definition) is 3. The second-order valence-corrected chi connectivity index (χ2v) is 4.33. The molecule has 1 aromatic heterocycles. The zero-order valence-electron chi connectivity index (χ0n) is 9.08. The molecule has 2 rings (SSSR count). The van der Waals surface area contributed by atoms with Gasteiger partial charge in [-0.3, -0.25) is 0 Å². The fourth-order valence-electron chi connectivity index (χ4n) is 1.41. The molecule has 96 valence electrons. The summed E-state index contributed by atoms with van der Waals surface area (Å²) in [5.41, 5.74) is -0.672. The first kappa shape index (κ1) is 12.9. The van der Waals surface area contributed by atoms with E-state index in [-0.39, 0.29) is 5.76 Å². The van der Waals surface area contributed by atoms with Crippen LogP contribution >= 0.6 is 15.9 Å². The summed E-state index contributed by atoms with van der Waals surface area (Å²) >= 11 is 3.23. The quantitative estimate of drug-likeness (QED) is 0.834. The summed E-state index contributed by atoms with van der Waals surface area (Å²) in [6.45, 7) is 0. The first-order valence-electron chi connectivity index (χ1n) is 4.79. The van der Waals surface area contributed by atoms with Gasteiger partial charge in [0.15, 0.2) is 11.5 Å². The van der Waals surface area contributed by atoms with Crippen molar-refractivity contribution in [2.75, 3.05) is 7.11 Å². The third kappa shape index (κ3) is 2.50. The number of aromatic nitrogens is 1. The van der Waals surface area contributed by atoms with Gasteiger partial charge in [0.05, 0.1) is 12.7 Å². The Bertz CT molecular complexity index is 566. The van der Waals surface area contributed by atoms with Gasteiger partial charge in [0.1, 0.15) is 5.75 Å². The normalized spacial score (nSPS) is 11.6. The smallest absolute Gasteiger partial charge is 0.436 e. The molecule has 0 saturated carbocycles. The standard InChI is InChI=1S/C11H7BrF3NO2/c1-17-8-3-2-6(12)4-7(8)9-5-10(16-18-9)11(13,14)15/h2-5H,1H3. The fourth-order valence-corrected chi connectivity index (χ4v) is 1.77. The summed E-state index contributed by atoms with van der Waals surface area (Å²) in [7, 11) is 1.42. The van der Waals surface area contributed by atoms with Gasteiger partial charge >= 0.3 is 6.18 Å². The van der Waals surface area contributed by atoms with Crippen LogP contribution in [0.5, 0.6) is 5.75 Å². The minimum absolute atomic E-state index is 0.000440. The summed E-state index contributed by atoms with van der Waals surface area (Å²) in [5, 5.41) is 3.00. The average molecular weight is 322 g/mol. The van der Waals surface area contributed by atoms with Crippen molar-refractivity contribution in [1.29, 1.82) is 0 Å². The maximum Gasteiger partial charge on any atom is 0.436 e. The lowest BCUT2D eigenvalue weighted by Crippen LogP contribution is -2.04. The topological polar surface area (TPSA) is 35.3 Å². The lowest BCUT2D eigenvalue weighted by molar-refractivity contribution is -0.142. The van der Waals surface area contributed by atoms with Gasteiger partial charge in [-0.25, -0.2) is 0 Å². The highest BCUT2D eigenvalue weighted by molar-refractivity contribution is 9.10. The number of benzene rings is 1. The molecule has 0 unspecified atom stereocenters. The Morgan fingerprint density at radius 2 is 2.00 bits per heavy atom. The summed E-state index contributed by atoms with van der Waals surface area (Å²) in [5.74, 6) is 0.406. The Kier molecular flexibility index (Phi) is 3.34. The SMILES string of the molecule is COc1ccc(Br)cc1-c1cc(C(F)(F)F)no1. The molecule has 0 bridgehead atoms. The van der Waals surface area contributed by atoms with E-state index in [4.69, 9.17) is 9.26 Å². The van der Waals surface area contributed by atoms with Crippen molar-refractivity contribution in [1.82, 2.24) is 5.16 Å². The second-order valence-electron chi connectivity index (χ2n) is 3.42. The number of methoxy groups -OCH3 is 1. The highest BCUT2D eigenvalue weighted by atomic mass is 79.9. The number of hydrogen-bond donors (Lipinski definition) is 0. The number of alkyl halides is 3. The number of halogens is 4. The zero-order chi connectivity index (χ0) is 13.3. The molecule has 0 N–H and O–H groups in total. The van der Waals surface area contributed by atoms with E-state index in [0.29, 0.717) is 15.8 Å². The van der Waals surface area contributed by atoms with Crippen LogP contribution in [0.2, 0.25) is 0 Å². The van der Waals surface area contributed by atoms with Gasteiger partial charge in [-0.05, 0) is 18.2 Å². The van der Waals surface area contributed by atoms with E-state index in [1.54, 1.807) is 18.2 Å². The molecular formula is C11H7BrF3NO2. The Morgan fingerprint density at radius 3 is 2.56 bits per heavy atom. The maximum absolute atomic E-state index is 12.4. The van der Waals surface area contributed by atoms with E-state index in [9.17, 15) is 13.2 Å². The Labute approximate surface area is 109 Å². The van der Waals surface area contributed by atoms with Crippen LogP contribution in [0.15, 0.2) is 33.3 Å². The molecule has 7 heteroatoms. The molecule has 0 saturated heterocycles. The van der Waals surface area contributed by atoms with Crippen molar-refractivity contribution in [2.45, 2.75) is 6.18 Å². The molecule has 1 heterocycles. The first-order chi connectivity index (χ1) is 8.41. The van der Waals surface area contributed by atoms with E-state index < -0.39 is 11.9 Å². The third-order valence-corrected chi connectivity index (χ3v) is 2.72. The van der Waals surface area contributed by atoms with Crippen LogP contribution in [-0.2, 0) is 6.18 Å². The van der Waals surface area contributed by atoms with Gasteiger partial charge in [0.25, 0.3) is 0 Å². The van der Waals surface area contributed by atoms with Crippen LogP contribution in [0.4, 0.5) is 13.2 Å². The Morgan fingerprint density at radius 1 is 1.28 bits per heavy atom. The fraction of sp³-hybridized carbons (Fsp3) is 0.182. The van der Waals surface area contributed by atoms with E-state index in [2.05, 4.69) is 21.1 Å². The first-order valence-corrected chi connectivity index (χ1v) is 5.59. The maximum atomic E-state index is 12.4. The van der Waals surface area contributed by atoms with E-state index in [1.165, 1.54) is 7.11 Å². The molecule has 1 aromatic carbocycles. The van der Waals surface area contributed by atoms with Crippen LogP contribution in [0, 0.1) is 0 Å². The van der Waals surface area contributed by atoms with Crippen molar-refractivity contribution in [2.24, 2.45) is 0 Å². The molecule has 0 spiro atoms. The predicted octanol–water partition coefficient (Wildman–Crippen LogP) is 4.13. The molecule has 0 aliphatic carbocycles. The van der Waals surface area contributed by atoms with Crippen molar-refractivity contribution in [3.8, 4) is 17.1 Å². The lowest BCUT2D eigenvalue weighted by atomic mass is 10.1. The molecule has 0 aliphatic heterocycles. The highest BCUT2D eigenvalue weighted by Gasteiger charge is 2.35. The molecule has 0 aliphatic rings. The van der Waals surface area contributed by atoms with Crippen LogP contribution in [0.3, 0.4) is 0 Å². The predicted molar refractivity (Wildman–Crippen MR) is 61.2 cm³/mol. The lowest BCUT2D eigenvalue weighted by Gasteiger charge is -2.05. The van der Waals surface area contributed by atoms with Gasteiger partial charge in [-0.2, -0.15) is 13.2 Å². The summed E-state index contributed by atoms with van der Waals surface area (Å²) in [6, 6.07) is 5.77. The van der Waals surface area contributed by atoms with Gasteiger partial charge in [0.2, 0.25) is 0 Å². The van der Waals surface area contributed by atoms with Crippen molar-refractivity contribution in [3.63, 3.8) is 0 Å². The van der Waals surface area contributed by atoms with Crippen LogP contribution < -0.4 is 4.74 Å². The number of nitrogens with zero attached hydrogens (tertiary/aromatic N) is 1. The highest BCUT2D eigenvalue weighted by Crippen LogP contribution is 2.36. The summed E-state index contributed by atoms with van der Waals surface area (Å²) in [6.07, 6.45) is -4.53. The second kappa shape index (κ2) is 4.64. The van der Waals surface area contributed by atoms with Crippen molar-refractivity contribution >= 4 is 15.9 Å². The van der Waals surface area contributed by atoms with E-state index >= 15 is 0 Å². The summed E-state index contributed by atoms with van der Waals surface area (Å²) in [4.78, 5) is 0. The van der Waals surface area contributed by atoms with Crippen LogP contribution in [0.1, 0.15) is 5.69 Å². The number of ether oxygens (including phenoxy) is 1. The van der Waals surface area contributed by atoms with Gasteiger partial charge in [-0.1, -0.05) is 21.1 Å². The van der Waals surface area contributed by atoms with Crippen molar-refractivity contribution < 1.29 is 22.4 Å². The third-order valence-electron chi connectivity index (χ3n) is 2.23. The van der Waals surface area contributed by atoms with E-state index in [1.807, 2.05) is 0 Å². The molecule has 0 amide bonds. The molecule has 2 aromatic rings. The Balaban J connectivity index is 2.49. The van der Waals surface area contributed by atoms with Gasteiger partial charge < -0.3 is 9.26 Å². The largest absolute Gasteiger partial charge is 0.496 e. The molecule has 18 heavy (non-hydrogen) atoms. The average Bonchev–Trinajstić information content (AvgIpc) is 2.77. The minimum atomic E-state index is -4.53. The van der Waals surface area contributed by atoms with Crippen LogP contribution in [-0.4, -0.2) is 12.3 Å². The van der Waals surface area contributed by atoms with E-state index in [0.717, 1.165) is 6.07 Å². The Hall–Kier alpha value is -1.50. The zero-order valence-corrected chi connectivity index (χ0v) is 10.7. The van der Waals surface area contributed by atoms with Gasteiger partial charge in [0, 0.05) is 10.5 Å². The minimum Gasteiger partial charge on any atom is -0.496 e. The van der Waals surface area contributed by atoms with Crippen LogP contribution in [0.25, 0.3) is 11.3 Å². The van der Waals surface area contributed by atoms with Gasteiger partial charge in [-0.15, -0.1) is 0 Å². The summed E-state index contributed by atoms with van der Waals surface area (Å²) < 4.78 is 47.7. The molecule has 0 fully saturated rings. The molecule has 0 atom stereocenters. The number of rotatable bonds is 2.